The molecular weight excluding hydrogens is 242 g/mol. The van der Waals surface area contributed by atoms with Crippen molar-refractivity contribution < 1.29 is 4.74 Å². The van der Waals surface area contributed by atoms with Crippen molar-refractivity contribution in [3.8, 4) is 5.75 Å². The first kappa shape index (κ1) is 15.0. The van der Waals surface area contributed by atoms with Crippen LogP contribution >= 0.6 is 12.2 Å². The van der Waals surface area contributed by atoms with E-state index in [9.17, 15) is 0 Å². The molecule has 1 unspecified atom stereocenters. The minimum Gasteiger partial charge on any atom is -0.493 e. The molecule has 0 amide bonds. The van der Waals surface area contributed by atoms with Gasteiger partial charge in [0.1, 0.15) is 5.75 Å². The van der Waals surface area contributed by atoms with Crippen LogP contribution in [0.3, 0.4) is 0 Å². The van der Waals surface area contributed by atoms with E-state index in [-0.39, 0.29) is 0 Å². The van der Waals surface area contributed by atoms with Gasteiger partial charge in [-0.25, -0.2) is 0 Å². The minimum absolute atomic E-state index is 0.522. The van der Waals surface area contributed by atoms with E-state index in [0.29, 0.717) is 17.3 Å². The summed E-state index contributed by atoms with van der Waals surface area (Å²) in [5.41, 5.74) is 6.64. The number of hydrogen-bond donors (Lipinski definition) is 1. The van der Waals surface area contributed by atoms with E-state index in [4.69, 9.17) is 22.7 Å². The molecule has 0 aliphatic heterocycles. The molecule has 1 aromatic carbocycles. The summed E-state index contributed by atoms with van der Waals surface area (Å²) in [5, 5.41) is 0. The highest BCUT2D eigenvalue weighted by Crippen LogP contribution is 2.16. The maximum Gasteiger partial charge on any atom is 0.119 e. The van der Waals surface area contributed by atoms with Crippen molar-refractivity contribution in [3.63, 3.8) is 0 Å². The van der Waals surface area contributed by atoms with Crippen molar-refractivity contribution in [2.24, 2.45) is 17.6 Å². The van der Waals surface area contributed by atoms with Crippen LogP contribution in [-0.4, -0.2) is 11.6 Å². The Morgan fingerprint density at radius 1 is 1.22 bits per heavy atom. The molecule has 0 aliphatic carbocycles. The van der Waals surface area contributed by atoms with Gasteiger partial charge in [0.05, 0.1) is 11.6 Å². The van der Waals surface area contributed by atoms with Gasteiger partial charge in [0, 0.05) is 6.42 Å². The Balaban J connectivity index is 2.41. The van der Waals surface area contributed by atoms with Gasteiger partial charge < -0.3 is 10.5 Å². The third-order valence-electron chi connectivity index (χ3n) is 2.71. The highest BCUT2D eigenvalue weighted by Gasteiger charge is 2.06. The predicted molar refractivity (Wildman–Crippen MR) is 81.0 cm³/mol. The summed E-state index contributed by atoms with van der Waals surface area (Å²) in [7, 11) is 0. The quantitative estimate of drug-likeness (QED) is 0.765. The third kappa shape index (κ3) is 6.01. The Morgan fingerprint density at radius 3 is 2.33 bits per heavy atom. The van der Waals surface area contributed by atoms with E-state index in [1.54, 1.807) is 0 Å². The number of ether oxygens (including phenoxy) is 1. The average Bonchev–Trinajstić information content (AvgIpc) is 2.26. The number of thiocarbonyl (C=S) groups is 1. The topological polar surface area (TPSA) is 35.2 Å². The van der Waals surface area contributed by atoms with Gasteiger partial charge in [-0.05, 0) is 36.0 Å². The Labute approximate surface area is 116 Å². The lowest BCUT2D eigenvalue weighted by molar-refractivity contribution is 0.239. The minimum atomic E-state index is 0.522. The van der Waals surface area contributed by atoms with Crippen LogP contribution in [-0.2, 0) is 6.42 Å². The van der Waals surface area contributed by atoms with Gasteiger partial charge in [-0.15, -0.1) is 0 Å². The molecule has 1 aromatic rings. The van der Waals surface area contributed by atoms with Crippen molar-refractivity contribution in [1.29, 1.82) is 0 Å². The molecule has 100 valence electrons. The lowest BCUT2D eigenvalue weighted by atomic mass is 10.00. The van der Waals surface area contributed by atoms with Crippen LogP contribution < -0.4 is 10.5 Å². The van der Waals surface area contributed by atoms with Crippen LogP contribution in [0.5, 0.6) is 5.75 Å². The smallest absolute Gasteiger partial charge is 0.119 e. The molecule has 2 nitrogen and oxygen atoms in total. The predicted octanol–water partition coefficient (Wildman–Crippen LogP) is 3.58. The zero-order valence-electron chi connectivity index (χ0n) is 11.5. The zero-order valence-corrected chi connectivity index (χ0v) is 12.3. The molecule has 0 spiro atoms. The largest absolute Gasteiger partial charge is 0.493 e. The molecule has 0 fully saturated rings. The summed E-state index contributed by atoms with van der Waals surface area (Å²) >= 11 is 4.88. The van der Waals surface area contributed by atoms with Gasteiger partial charge in [-0.1, -0.05) is 45.1 Å². The zero-order chi connectivity index (χ0) is 13.5. The molecule has 0 aromatic heterocycles. The molecule has 0 heterocycles. The second kappa shape index (κ2) is 7.37. The first-order chi connectivity index (χ1) is 8.47. The number of hydrogen-bond acceptors (Lipinski definition) is 2. The maximum absolute atomic E-state index is 5.76. The first-order valence-electron chi connectivity index (χ1n) is 6.47. The van der Waals surface area contributed by atoms with Crippen molar-refractivity contribution in [2.75, 3.05) is 6.61 Å². The molecule has 2 N–H and O–H groups in total. The van der Waals surface area contributed by atoms with Gasteiger partial charge in [-0.2, -0.15) is 0 Å². The van der Waals surface area contributed by atoms with Gasteiger partial charge in [-0.3, -0.25) is 0 Å². The van der Waals surface area contributed by atoms with E-state index < -0.39 is 0 Å². The van der Waals surface area contributed by atoms with Crippen LogP contribution in [0.1, 0.15) is 32.8 Å². The fourth-order valence-electron chi connectivity index (χ4n) is 2.02. The first-order valence-corrected chi connectivity index (χ1v) is 6.88. The SMILES string of the molecule is CC(C)CC(C)COc1ccc(CC(N)=S)cc1. The molecule has 0 saturated carbocycles. The summed E-state index contributed by atoms with van der Waals surface area (Å²) in [6, 6.07) is 7.99. The van der Waals surface area contributed by atoms with E-state index in [2.05, 4.69) is 20.8 Å². The Morgan fingerprint density at radius 2 is 1.83 bits per heavy atom. The van der Waals surface area contributed by atoms with Crippen LogP contribution in [0.2, 0.25) is 0 Å². The molecule has 3 heteroatoms. The molecule has 18 heavy (non-hydrogen) atoms. The third-order valence-corrected chi connectivity index (χ3v) is 2.85. The molecule has 1 rings (SSSR count). The van der Waals surface area contributed by atoms with Crippen LogP contribution in [0.25, 0.3) is 0 Å². The Hall–Kier alpha value is -1.09. The molecular formula is C15H23NOS. The summed E-state index contributed by atoms with van der Waals surface area (Å²) in [6.07, 6.45) is 1.85. The monoisotopic (exact) mass is 265 g/mol. The summed E-state index contributed by atoms with van der Waals surface area (Å²) in [5.74, 6) is 2.22. The van der Waals surface area contributed by atoms with E-state index in [0.717, 1.165) is 23.8 Å². The number of benzene rings is 1. The maximum atomic E-state index is 5.76. The molecule has 0 radical (unpaired) electrons. The van der Waals surface area contributed by atoms with Crippen molar-refractivity contribution in [2.45, 2.75) is 33.6 Å². The standard InChI is InChI=1S/C15H23NOS/c1-11(2)8-12(3)10-17-14-6-4-13(5-7-14)9-15(16)18/h4-7,11-12H,8-10H2,1-3H3,(H2,16,18). The molecule has 1 atom stereocenters. The van der Waals surface area contributed by atoms with Gasteiger partial charge in [0.2, 0.25) is 0 Å². The lowest BCUT2D eigenvalue weighted by Crippen LogP contribution is -2.12. The molecule has 0 aliphatic rings. The van der Waals surface area contributed by atoms with E-state index >= 15 is 0 Å². The number of nitrogens with two attached hydrogens (primary N) is 1. The summed E-state index contributed by atoms with van der Waals surface area (Å²) < 4.78 is 5.76. The van der Waals surface area contributed by atoms with Crippen LogP contribution in [0, 0.1) is 11.8 Å². The van der Waals surface area contributed by atoms with Gasteiger partial charge in [0.15, 0.2) is 0 Å². The van der Waals surface area contributed by atoms with Crippen LogP contribution in [0.15, 0.2) is 24.3 Å². The second-order valence-electron chi connectivity index (χ2n) is 5.33. The molecule has 0 bridgehead atoms. The molecule has 0 saturated heterocycles. The lowest BCUT2D eigenvalue weighted by Gasteiger charge is -2.15. The fourth-order valence-corrected chi connectivity index (χ4v) is 2.18. The summed E-state index contributed by atoms with van der Waals surface area (Å²) in [4.78, 5) is 0.522. The van der Waals surface area contributed by atoms with Crippen LogP contribution in [0.4, 0.5) is 0 Å². The van der Waals surface area contributed by atoms with Gasteiger partial charge >= 0.3 is 0 Å². The van der Waals surface area contributed by atoms with Gasteiger partial charge in [0.25, 0.3) is 0 Å². The highest BCUT2D eigenvalue weighted by atomic mass is 32.1. The normalized spacial score (nSPS) is 12.4. The van der Waals surface area contributed by atoms with Crippen molar-refractivity contribution in [3.05, 3.63) is 29.8 Å². The summed E-state index contributed by atoms with van der Waals surface area (Å²) in [6.45, 7) is 7.47. The average molecular weight is 265 g/mol. The van der Waals surface area contributed by atoms with E-state index in [1.165, 1.54) is 6.42 Å². The second-order valence-corrected chi connectivity index (χ2v) is 5.86. The number of rotatable bonds is 7. The van der Waals surface area contributed by atoms with E-state index in [1.807, 2.05) is 24.3 Å². The Bertz CT molecular complexity index is 373. The van der Waals surface area contributed by atoms with Crippen molar-refractivity contribution >= 4 is 17.2 Å². The fraction of sp³-hybridized carbons (Fsp3) is 0.533. The van der Waals surface area contributed by atoms with Crippen molar-refractivity contribution in [1.82, 2.24) is 0 Å². The Kier molecular flexibility index (Phi) is 6.13. The highest BCUT2D eigenvalue weighted by molar-refractivity contribution is 7.80.